The number of anilines is 1. The third-order valence-electron chi connectivity index (χ3n) is 5.26. The largest absolute Gasteiger partial charge is 0.379 e. The van der Waals surface area contributed by atoms with E-state index in [0.717, 1.165) is 22.7 Å². The number of hydrogen-bond acceptors (Lipinski definition) is 5. The van der Waals surface area contributed by atoms with Gasteiger partial charge in [-0.1, -0.05) is 42.1 Å². The summed E-state index contributed by atoms with van der Waals surface area (Å²) in [6.45, 7) is 1.03. The number of alkyl halides is 1. The molecule has 31 heavy (non-hydrogen) atoms. The molecule has 1 aliphatic heterocycles. The topological polar surface area (TPSA) is 80.0 Å². The van der Waals surface area contributed by atoms with Gasteiger partial charge in [0.2, 0.25) is 0 Å². The van der Waals surface area contributed by atoms with Crippen molar-refractivity contribution in [3.8, 4) is 0 Å². The zero-order valence-electron chi connectivity index (χ0n) is 17.1. The summed E-state index contributed by atoms with van der Waals surface area (Å²) in [4.78, 5) is 18.6. The molecule has 0 saturated carbocycles. The Balaban J connectivity index is 1.48. The zero-order valence-corrected chi connectivity index (χ0v) is 17.9. The maximum atomic E-state index is 14.2. The Bertz CT molecular complexity index is 1030. The summed E-state index contributed by atoms with van der Waals surface area (Å²) >= 11 is 1.71. The van der Waals surface area contributed by atoms with Gasteiger partial charge in [0, 0.05) is 34.6 Å². The van der Waals surface area contributed by atoms with Crippen LogP contribution in [-0.4, -0.2) is 36.2 Å². The number of halogens is 1. The van der Waals surface area contributed by atoms with Crippen molar-refractivity contribution < 1.29 is 9.18 Å². The van der Waals surface area contributed by atoms with Crippen LogP contribution >= 0.6 is 11.8 Å². The number of pyridine rings is 1. The highest BCUT2D eigenvalue weighted by Gasteiger charge is 2.25. The van der Waals surface area contributed by atoms with E-state index in [1.165, 1.54) is 11.1 Å². The van der Waals surface area contributed by atoms with Crippen molar-refractivity contribution in [3.05, 3.63) is 83.7 Å². The number of benzene rings is 2. The molecule has 1 amide bonds. The number of aromatic nitrogens is 1. The molecule has 2 atom stereocenters. The molecule has 0 unspecified atom stereocenters. The lowest BCUT2D eigenvalue weighted by atomic mass is 10.0. The lowest BCUT2D eigenvalue weighted by Crippen LogP contribution is -2.45. The highest BCUT2D eigenvalue weighted by molar-refractivity contribution is 7.99. The molecule has 4 rings (SSSR count). The van der Waals surface area contributed by atoms with Gasteiger partial charge in [-0.25, -0.2) is 4.39 Å². The number of carbonyl (C=O) groups is 1. The van der Waals surface area contributed by atoms with Crippen LogP contribution in [0.15, 0.2) is 76.7 Å². The molecular weight excluding hydrogens is 411 g/mol. The predicted octanol–water partition coefficient (Wildman–Crippen LogP) is 4.03. The van der Waals surface area contributed by atoms with Crippen molar-refractivity contribution in [2.45, 2.75) is 34.8 Å². The lowest BCUT2D eigenvalue weighted by molar-refractivity contribution is 0.100. The van der Waals surface area contributed by atoms with Gasteiger partial charge in [0.15, 0.2) is 0 Å². The molecule has 4 N–H and O–H groups in total. The van der Waals surface area contributed by atoms with Crippen LogP contribution in [0, 0.1) is 0 Å². The number of nitrogens with two attached hydrogens (primary N) is 1. The molecule has 1 aliphatic rings. The fraction of sp³-hybridized carbons (Fsp3) is 0.250. The van der Waals surface area contributed by atoms with E-state index in [1.807, 2.05) is 24.3 Å². The number of carbonyl (C=O) groups excluding carboxylic acids is 1. The maximum Gasteiger partial charge on any atom is 0.252 e. The van der Waals surface area contributed by atoms with Crippen LogP contribution < -0.4 is 16.4 Å². The van der Waals surface area contributed by atoms with Crippen LogP contribution in [0.3, 0.4) is 0 Å². The summed E-state index contributed by atoms with van der Waals surface area (Å²) in [6.07, 6.45) is 1.70. The number of hydrogen-bond donors (Lipinski definition) is 3. The van der Waals surface area contributed by atoms with E-state index in [9.17, 15) is 9.18 Å². The molecule has 2 heterocycles. The second-order valence-electron chi connectivity index (χ2n) is 7.58. The Kier molecular flexibility index (Phi) is 6.84. The fourth-order valence-electron chi connectivity index (χ4n) is 3.60. The minimum atomic E-state index is -1.03. The Labute approximate surface area is 185 Å². The van der Waals surface area contributed by atoms with Crippen molar-refractivity contribution >= 4 is 23.4 Å². The van der Waals surface area contributed by atoms with Crippen molar-refractivity contribution in [2.24, 2.45) is 5.73 Å². The van der Waals surface area contributed by atoms with Crippen LogP contribution in [0.25, 0.3) is 0 Å². The summed E-state index contributed by atoms with van der Waals surface area (Å²) < 4.78 is 14.2. The molecule has 1 saturated heterocycles. The number of nitrogens with one attached hydrogen (secondary N) is 2. The molecule has 1 aromatic heterocycles. The number of amides is 1. The first-order valence-corrected chi connectivity index (χ1v) is 11.1. The smallest absolute Gasteiger partial charge is 0.252 e. The number of rotatable bonds is 7. The number of nitrogens with zero attached hydrogens (tertiary/aromatic N) is 1. The first-order valence-electron chi connectivity index (χ1n) is 10.3. The minimum absolute atomic E-state index is 0.282. The van der Waals surface area contributed by atoms with Crippen molar-refractivity contribution in [1.29, 1.82) is 0 Å². The number of piperidine rings is 1. The van der Waals surface area contributed by atoms with Gasteiger partial charge < -0.3 is 16.4 Å². The van der Waals surface area contributed by atoms with E-state index in [4.69, 9.17) is 5.73 Å². The van der Waals surface area contributed by atoms with Crippen molar-refractivity contribution in [1.82, 2.24) is 10.3 Å². The molecule has 7 heteroatoms. The first kappa shape index (κ1) is 21.3. The Morgan fingerprint density at radius 3 is 2.61 bits per heavy atom. The highest BCUT2D eigenvalue weighted by Crippen LogP contribution is 2.28. The van der Waals surface area contributed by atoms with Gasteiger partial charge in [-0.15, -0.1) is 0 Å². The Morgan fingerprint density at radius 1 is 1.16 bits per heavy atom. The average molecular weight is 437 g/mol. The van der Waals surface area contributed by atoms with Gasteiger partial charge in [0.1, 0.15) is 6.17 Å². The normalized spacial score (nSPS) is 18.5. The SMILES string of the molecule is NC(=O)c1cnc(Cc2ccc(Sc3ccccc3)cc2)cc1N[C@@H]1CCNC[C@@H]1F. The summed E-state index contributed by atoms with van der Waals surface area (Å²) in [5.74, 6) is -0.576. The first-order chi connectivity index (χ1) is 15.1. The van der Waals surface area contributed by atoms with Crippen molar-refractivity contribution in [2.75, 3.05) is 18.4 Å². The van der Waals surface area contributed by atoms with Crippen molar-refractivity contribution in [3.63, 3.8) is 0 Å². The molecule has 0 spiro atoms. The standard InChI is InChI=1S/C24H25FN4OS/c25-21-15-27-11-10-22(21)29-23-13-17(28-14-20(23)24(26)30)12-16-6-8-19(9-7-16)31-18-4-2-1-3-5-18/h1-9,13-14,21-22,27H,10-12,15H2,(H2,26,30)(H,28,29)/t21-,22+/m0/s1. The molecule has 0 bridgehead atoms. The van der Waals surface area contributed by atoms with Crippen LogP contribution in [0.5, 0.6) is 0 Å². The molecular formula is C24H25FN4OS. The third kappa shape index (κ3) is 5.62. The predicted molar refractivity (Wildman–Crippen MR) is 122 cm³/mol. The van der Waals surface area contributed by atoms with Crippen LogP contribution in [0.1, 0.15) is 28.0 Å². The summed E-state index contributed by atoms with van der Waals surface area (Å²) in [5, 5.41) is 6.21. The second kappa shape index (κ2) is 9.94. The van der Waals surface area contributed by atoms with E-state index in [-0.39, 0.29) is 11.6 Å². The minimum Gasteiger partial charge on any atom is -0.379 e. The lowest BCUT2D eigenvalue weighted by Gasteiger charge is -2.29. The average Bonchev–Trinajstić information content (AvgIpc) is 2.77. The van der Waals surface area contributed by atoms with Gasteiger partial charge in [-0.3, -0.25) is 9.78 Å². The molecule has 160 valence electrons. The molecule has 0 aliphatic carbocycles. The molecule has 3 aromatic rings. The van der Waals surface area contributed by atoms with Crippen LogP contribution in [-0.2, 0) is 6.42 Å². The van der Waals surface area contributed by atoms with Gasteiger partial charge in [-0.05, 0) is 48.9 Å². The Hall–Kier alpha value is -2.90. The quantitative estimate of drug-likeness (QED) is 0.521. The zero-order chi connectivity index (χ0) is 21.6. The monoisotopic (exact) mass is 436 g/mol. The summed E-state index contributed by atoms with van der Waals surface area (Å²) in [6, 6.07) is 20.0. The van der Waals surface area contributed by atoms with Gasteiger partial charge in [0.25, 0.3) is 5.91 Å². The Morgan fingerprint density at radius 2 is 1.90 bits per heavy atom. The second-order valence-corrected chi connectivity index (χ2v) is 8.73. The van der Waals surface area contributed by atoms with Crippen LogP contribution in [0.2, 0.25) is 0 Å². The van der Waals surface area contributed by atoms with E-state index in [0.29, 0.717) is 25.1 Å². The summed E-state index contributed by atoms with van der Waals surface area (Å²) in [5.41, 5.74) is 8.23. The van der Waals surface area contributed by atoms with Gasteiger partial charge in [-0.2, -0.15) is 0 Å². The fourth-order valence-corrected chi connectivity index (χ4v) is 4.44. The summed E-state index contributed by atoms with van der Waals surface area (Å²) in [7, 11) is 0. The third-order valence-corrected chi connectivity index (χ3v) is 6.28. The maximum absolute atomic E-state index is 14.2. The van der Waals surface area contributed by atoms with Gasteiger partial charge in [0.05, 0.1) is 17.3 Å². The van der Waals surface area contributed by atoms with E-state index in [1.54, 1.807) is 11.8 Å². The molecule has 2 aromatic carbocycles. The van der Waals surface area contributed by atoms with E-state index >= 15 is 0 Å². The van der Waals surface area contributed by atoms with Crippen LogP contribution in [0.4, 0.5) is 10.1 Å². The molecule has 1 fully saturated rings. The van der Waals surface area contributed by atoms with Gasteiger partial charge >= 0.3 is 0 Å². The van der Waals surface area contributed by atoms with E-state index < -0.39 is 12.1 Å². The molecule has 0 radical (unpaired) electrons. The molecule has 5 nitrogen and oxygen atoms in total. The highest BCUT2D eigenvalue weighted by atomic mass is 32.2. The number of primary amides is 1. The van der Waals surface area contributed by atoms with E-state index in [2.05, 4.69) is 52.0 Å².